The highest BCUT2D eigenvalue weighted by atomic mass is 35.5. The lowest BCUT2D eigenvalue weighted by Gasteiger charge is -2.24. The molecule has 0 saturated carbocycles. The average Bonchev–Trinajstić information content (AvgIpc) is 2.81. The van der Waals surface area contributed by atoms with Crippen LogP contribution in [0.5, 0.6) is 0 Å². The molecule has 1 heterocycles. The van der Waals surface area contributed by atoms with Crippen molar-refractivity contribution in [2.75, 3.05) is 5.75 Å². The summed E-state index contributed by atoms with van der Waals surface area (Å²) in [4.78, 5) is 11.1. The molecular formula is C12H11ClN2O4S2. The van der Waals surface area contributed by atoms with Gasteiger partial charge in [0, 0.05) is 5.75 Å². The largest absolute Gasteiger partial charge is 0.480 e. The maximum absolute atomic E-state index is 12.6. The van der Waals surface area contributed by atoms with Crippen molar-refractivity contribution in [3.8, 4) is 6.07 Å². The summed E-state index contributed by atoms with van der Waals surface area (Å²) in [6, 6.07) is 4.47. The number of carboxylic acid groups (broad SMARTS) is 1. The molecule has 0 aromatic heterocycles. The number of carboxylic acids is 1. The van der Waals surface area contributed by atoms with Gasteiger partial charge in [-0.05, 0) is 25.1 Å². The van der Waals surface area contributed by atoms with E-state index in [-0.39, 0.29) is 21.2 Å². The zero-order chi connectivity index (χ0) is 15.8. The molecule has 6 nitrogen and oxygen atoms in total. The molecule has 1 fully saturated rings. The van der Waals surface area contributed by atoms with Gasteiger partial charge in [-0.1, -0.05) is 11.6 Å². The average molecular weight is 347 g/mol. The van der Waals surface area contributed by atoms with Gasteiger partial charge in [-0.25, -0.2) is 8.42 Å². The van der Waals surface area contributed by atoms with Gasteiger partial charge < -0.3 is 5.11 Å². The van der Waals surface area contributed by atoms with E-state index >= 15 is 0 Å². The number of hydrogen-bond donors (Lipinski definition) is 1. The number of carbonyl (C=O) groups is 1. The van der Waals surface area contributed by atoms with Gasteiger partial charge in [0.2, 0.25) is 10.0 Å². The third kappa shape index (κ3) is 2.87. The first-order valence-electron chi connectivity index (χ1n) is 5.86. The molecule has 0 spiro atoms. The van der Waals surface area contributed by atoms with Crippen LogP contribution in [0.1, 0.15) is 12.5 Å². The lowest BCUT2D eigenvalue weighted by molar-refractivity contribution is -0.140. The highest BCUT2D eigenvalue weighted by Gasteiger charge is 2.44. The molecule has 1 aliphatic rings. The Morgan fingerprint density at radius 1 is 1.57 bits per heavy atom. The van der Waals surface area contributed by atoms with E-state index in [1.165, 1.54) is 30.0 Å². The summed E-state index contributed by atoms with van der Waals surface area (Å²) in [7, 11) is -3.99. The lowest BCUT2D eigenvalue weighted by atomic mass is 10.2. The fraction of sp³-hybridized carbons (Fsp3) is 0.333. The van der Waals surface area contributed by atoms with Crippen LogP contribution in [0.25, 0.3) is 0 Å². The Morgan fingerprint density at radius 2 is 2.24 bits per heavy atom. The van der Waals surface area contributed by atoms with E-state index in [4.69, 9.17) is 22.0 Å². The second-order valence-electron chi connectivity index (χ2n) is 4.38. The molecule has 112 valence electrons. The zero-order valence-electron chi connectivity index (χ0n) is 10.9. The zero-order valence-corrected chi connectivity index (χ0v) is 13.2. The van der Waals surface area contributed by atoms with Crippen LogP contribution in [0.3, 0.4) is 0 Å². The molecular weight excluding hydrogens is 336 g/mol. The quantitative estimate of drug-likeness (QED) is 0.895. The van der Waals surface area contributed by atoms with Crippen molar-refractivity contribution in [2.45, 2.75) is 23.2 Å². The van der Waals surface area contributed by atoms with E-state index in [0.29, 0.717) is 0 Å². The van der Waals surface area contributed by atoms with Crippen molar-refractivity contribution in [3.05, 3.63) is 28.8 Å². The van der Waals surface area contributed by atoms with E-state index in [1.807, 2.05) is 6.07 Å². The van der Waals surface area contributed by atoms with E-state index < -0.39 is 27.4 Å². The Bertz CT molecular complexity index is 729. The topological polar surface area (TPSA) is 98.5 Å². The van der Waals surface area contributed by atoms with Crippen molar-refractivity contribution in [1.29, 1.82) is 5.26 Å². The highest BCUT2D eigenvalue weighted by Crippen LogP contribution is 2.35. The summed E-state index contributed by atoms with van der Waals surface area (Å²) in [5.74, 6) is -0.991. The number of aliphatic carboxylic acids is 1. The molecule has 0 radical (unpaired) electrons. The van der Waals surface area contributed by atoms with Crippen molar-refractivity contribution < 1.29 is 18.3 Å². The molecule has 1 saturated heterocycles. The van der Waals surface area contributed by atoms with Crippen LogP contribution in [0.2, 0.25) is 5.02 Å². The van der Waals surface area contributed by atoms with Crippen molar-refractivity contribution in [1.82, 2.24) is 4.31 Å². The summed E-state index contributed by atoms with van der Waals surface area (Å²) in [6.45, 7) is 1.64. The molecule has 1 aromatic rings. The molecule has 0 bridgehead atoms. The third-order valence-corrected chi connectivity index (χ3v) is 6.72. The van der Waals surface area contributed by atoms with E-state index in [2.05, 4.69) is 0 Å². The fourth-order valence-corrected chi connectivity index (χ4v) is 5.65. The van der Waals surface area contributed by atoms with Crippen LogP contribution in [-0.2, 0) is 14.8 Å². The summed E-state index contributed by atoms with van der Waals surface area (Å²) >= 11 is 7.11. The number of nitriles is 1. The van der Waals surface area contributed by atoms with Crippen LogP contribution >= 0.6 is 23.4 Å². The minimum absolute atomic E-state index is 0.0185. The SMILES string of the molecule is CC1SCC(C(=O)O)N1S(=O)(=O)c1ccc(C#N)c(Cl)c1. The maximum atomic E-state index is 12.6. The Balaban J connectivity index is 2.49. The van der Waals surface area contributed by atoms with Crippen molar-refractivity contribution in [3.63, 3.8) is 0 Å². The van der Waals surface area contributed by atoms with Gasteiger partial charge in [0.25, 0.3) is 0 Å². The molecule has 1 N–H and O–H groups in total. The Morgan fingerprint density at radius 3 is 2.76 bits per heavy atom. The van der Waals surface area contributed by atoms with Crippen LogP contribution in [0.15, 0.2) is 23.1 Å². The van der Waals surface area contributed by atoms with Gasteiger partial charge in [-0.15, -0.1) is 11.8 Å². The van der Waals surface area contributed by atoms with Crippen LogP contribution in [-0.4, -0.2) is 41.0 Å². The number of hydrogen-bond acceptors (Lipinski definition) is 5. The van der Waals surface area contributed by atoms with Crippen LogP contribution < -0.4 is 0 Å². The van der Waals surface area contributed by atoms with Gasteiger partial charge in [0.05, 0.1) is 20.9 Å². The van der Waals surface area contributed by atoms with Gasteiger partial charge in [-0.3, -0.25) is 4.79 Å². The van der Waals surface area contributed by atoms with Gasteiger partial charge in [0.1, 0.15) is 12.1 Å². The third-order valence-electron chi connectivity index (χ3n) is 3.08. The summed E-state index contributed by atoms with van der Waals surface area (Å²) in [5.41, 5.74) is 0.161. The number of thioether (sulfide) groups is 1. The summed E-state index contributed by atoms with van der Waals surface area (Å²) in [5, 5.41) is 17.5. The Hall–Kier alpha value is -1.27. The molecule has 0 amide bonds. The molecule has 21 heavy (non-hydrogen) atoms. The first-order valence-corrected chi connectivity index (χ1v) is 8.73. The number of nitrogens with zero attached hydrogens (tertiary/aromatic N) is 2. The monoisotopic (exact) mass is 346 g/mol. The maximum Gasteiger partial charge on any atom is 0.322 e. The lowest BCUT2D eigenvalue weighted by Crippen LogP contribution is -2.44. The number of halogens is 1. The first-order chi connectivity index (χ1) is 9.78. The molecule has 2 rings (SSSR count). The predicted molar refractivity (Wildman–Crippen MR) is 78.5 cm³/mol. The number of rotatable bonds is 3. The fourth-order valence-electron chi connectivity index (χ4n) is 2.04. The normalized spacial score (nSPS) is 22.9. The molecule has 1 aromatic carbocycles. The molecule has 2 atom stereocenters. The van der Waals surface area contributed by atoms with E-state index in [0.717, 1.165) is 4.31 Å². The molecule has 9 heteroatoms. The summed E-state index contributed by atoms with van der Waals surface area (Å²) in [6.07, 6.45) is 0. The van der Waals surface area contributed by atoms with Gasteiger partial charge in [0.15, 0.2) is 0 Å². The Kier molecular flexibility index (Phi) is 4.49. The minimum Gasteiger partial charge on any atom is -0.480 e. The van der Waals surface area contributed by atoms with Crippen molar-refractivity contribution in [2.24, 2.45) is 0 Å². The smallest absolute Gasteiger partial charge is 0.322 e. The number of benzene rings is 1. The minimum atomic E-state index is -3.99. The molecule has 0 aliphatic carbocycles. The van der Waals surface area contributed by atoms with Gasteiger partial charge in [-0.2, -0.15) is 9.57 Å². The van der Waals surface area contributed by atoms with E-state index in [9.17, 15) is 13.2 Å². The number of sulfonamides is 1. The first kappa shape index (κ1) is 16.1. The summed E-state index contributed by atoms with van der Waals surface area (Å²) < 4.78 is 26.2. The molecule has 2 unspecified atom stereocenters. The highest BCUT2D eigenvalue weighted by molar-refractivity contribution is 8.01. The van der Waals surface area contributed by atoms with Crippen LogP contribution in [0.4, 0.5) is 0 Å². The predicted octanol–water partition coefficient (Wildman–Crippen LogP) is 1.75. The standard InChI is InChI=1S/C12H11ClN2O4S2/c1-7-15(11(6-20-7)12(16)17)21(18,19)9-3-2-8(5-14)10(13)4-9/h2-4,7,11H,6H2,1H3,(H,16,17). The Labute approximate surface area is 131 Å². The van der Waals surface area contributed by atoms with E-state index in [1.54, 1.807) is 6.92 Å². The van der Waals surface area contributed by atoms with Gasteiger partial charge >= 0.3 is 5.97 Å². The van der Waals surface area contributed by atoms with Crippen LogP contribution in [0, 0.1) is 11.3 Å². The second-order valence-corrected chi connectivity index (χ2v) is 7.97. The van der Waals surface area contributed by atoms with Crippen molar-refractivity contribution >= 4 is 39.4 Å². The second kappa shape index (κ2) is 5.85. The molecule has 1 aliphatic heterocycles.